The van der Waals surface area contributed by atoms with E-state index < -0.39 is 6.68 Å². The summed E-state index contributed by atoms with van der Waals surface area (Å²) >= 11 is 0. The number of nitrogens with zero attached hydrogens (tertiary/aromatic N) is 3. The van der Waals surface area contributed by atoms with Gasteiger partial charge in [-0.3, -0.25) is 0 Å². The molecule has 0 fully saturated rings. The Balaban J connectivity index is 0.000000786. The number of para-hydroxylation sites is 1. The third-order valence-corrected chi connectivity index (χ3v) is 7.69. The van der Waals surface area contributed by atoms with Crippen LogP contribution in [0.25, 0.3) is 27.9 Å². The molecular weight excluding hydrogens is 483 g/mol. The monoisotopic (exact) mass is 520 g/mol. The first kappa shape index (κ1) is 27.5. The zero-order valence-corrected chi connectivity index (χ0v) is 23.1. The Bertz CT molecular complexity index is 1500. The minimum Gasteiger partial charge on any atom is -0.372 e. The summed E-state index contributed by atoms with van der Waals surface area (Å²) in [6.45, 7) is 10.7. The molecule has 3 aromatic carbocycles. The number of aryl methyl sites for hydroxylation is 1. The van der Waals surface area contributed by atoms with E-state index in [-0.39, 0.29) is 5.41 Å². The number of fused-ring (bicyclic) bond motifs is 4. The predicted molar refractivity (Wildman–Crippen MR) is 155 cm³/mol. The van der Waals surface area contributed by atoms with E-state index in [2.05, 4.69) is 129 Å². The fraction of sp³-hybridized carbons (Fsp3) is 0.344. The maximum Gasteiger partial charge on any atom is 0.379 e. The van der Waals surface area contributed by atoms with Gasteiger partial charge in [-0.05, 0) is 76.6 Å². The van der Waals surface area contributed by atoms with Crippen LogP contribution in [0, 0.1) is 0 Å². The Morgan fingerprint density at radius 1 is 0.868 bits per heavy atom. The highest BCUT2D eigenvalue weighted by molar-refractivity contribution is 6.10. The molecule has 0 N–H and O–H groups in total. The van der Waals surface area contributed by atoms with Crippen LogP contribution in [0.4, 0.5) is 24.5 Å². The first-order valence-corrected chi connectivity index (χ1v) is 13.3. The molecule has 38 heavy (non-hydrogen) atoms. The van der Waals surface area contributed by atoms with Gasteiger partial charge in [0.25, 0.3) is 0 Å². The van der Waals surface area contributed by atoms with Crippen LogP contribution in [0.1, 0.15) is 45.7 Å². The van der Waals surface area contributed by atoms with Gasteiger partial charge in [-0.25, -0.2) is 0 Å². The lowest BCUT2D eigenvalue weighted by molar-refractivity contribution is -0.401. The van der Waals surface area contributed by atoms with E-state index in [0.717, 1.165) is 19.6 Å². The predicted octanol–water partition coefficient (Wildman–Crippen LogP) is 8.56. The van der Waals surface area contributed by atoms with Crippen LogP contribution in [-0.2, 0) is 12.0 Å². The van der Waals surface area contributed by atoms with E-state index in [1.165, 1.54) is 50.0 Å². The molecule has 0 atom stereocenters. The molecule has 0 amide bonds. The van der Waals surface area contributed by atoms with Gasteiger partial charge in [-0.15, -0.1) is 0 Å². The lowest BCUT2D eigenvalue weighted by Gasteiger charge is -2.21. The minimum absolute atomic E-state index is 0.0111. The number of rotatable bonds is 6. The number of allylic oxidation sites excluding steroid dienone is 1. The summed E-state index contributed by atoms with van der Waals surface area (Å²) < 4.78 is 33.8. The molecule has 3 nitrogen and oxygen atoms in total. The second-order valence-electron chi connectivity index (χ2n) is 10.1. The number of aromatic nitrogens is 1. The van der Waals surface area contributed by atoms with Crippen LogP contribution in [-0.4, -0.2) is 41.7 Å². The van der Waals surface area contributed by atoms with Gasteiger partial charge in [0.15, 0.2) is 5.71 Å². The first-order chi connectivity index (χ1) is 18.1. The zero-order valence-electron chi connectivity index (χ0n) is 23.1. The second-order valence-corrected chi connectivity index (χ2v) is 10.1. The van der Waals surface area contributed by atoms with Crippen molar-refractivity contribution in [2.45, 2.75) is 53.3 Å². The number of halogens is 3. The summed E-state index contributed by atoms with van der Waals surface area (Å²) in [5.74, 6) is 0. The number of hydrogen-bond acceptors (Lipinski definition) is 1. The average molecular weight is 521 g/mol. The van der Waals surface area contributed by atoms with Crippen LogP contribution in [0.2, 0.25) is 0 Å². The molecule has 0 bridgehead atoms. The zero-order chi connectivity index (χ0) is 27.6. The van der Waals surface area contributed by atoms with Crippen molar-refractivity contribution < 1.29 is 17.7 Å². The first-order valence-electron chi connectivity index (χ1n) is 13.3. The smallest absolute Gasteiger partial charge is 0.372 e. The van der Waals surface area contributed by atoms with Crippen LogP contribution < -0.4 is 4.90 Å². The molecule has 1 aromatic heterocycles. The summed E-state index contributed by atoms with van der Waals surface area (Å²) in [4.78, 5) is 2.42. The molecule has 4 aromatic rings. The quantitative estimate of drug-likeness (QED) is 0.232. The van der Waals surface area contributed by atoms with E-state index >= 15 is 0 Å². The van der Waals surface area contributed by atoms with Gasteiger partial charge < -0.3 is 9.47 Å². The lowest BCUT2D eigenvalue weighted by Crippen LogP contribution is -2.26. The minimum atomic E-state index is -3.67. The van der Waals surface area contributed by atoms with Gasteiger partial charge in [0.1, 0.15) is 7.05 Å². The summed E-state index contributed by atoms with van der Waals surface area (Å²) in [6, 6.07) is 22.6. The van der Waals surface area contributed by atoms with Gasteiger partial charge >= 0.3 is 6.68 Å². The molecule has 0 aliphatic carbocycles. The number of benzene rings is 3. The third-order valence-electron chi connectivity index (χ3n) is 7.69. The Kier molecular flexibility index (Phi) is 8.00. The molecule has 0 spiro atoms. The molecule has 6 heteroatoms. The standard InChI is InChI=1S/C31H36N3.CHF3/c1-7-33(8-2)23-16-18-28-25(21-23)24-20-22(14-17-27(24)34(28)9-3)15-19-30-31(4,5)26-12-10-11-13-29(26)32(30)6;2-1(3)4/h10-21H,7-9H2,1-6H3;1H/q+1;. The highest BCUT2D eigenvalue weighted by Gasteiger charge is 2.42. The van der Waals surface area contributed by atoms with Gasteiger partial charge in [0, 0.05) is 64.8 Å². The second kappa shape index (κ2) is 11.1. The number of hydrogen-bond donors (Lipinski definition) is 0. The van der Waals surface area contributed by atoms with Crippen molar-refractivity contribution in [3.63, 3.8) is 0 Å². The Morgan fingerprint density at radius 3 is 2.08 bits per heavy atom. The summed E-state index contributed by atoms with van der Waals surface area (Å²) in [6.07, 6.45) is 4.59. The van der Waals surface area contributed by atoms with E-state index in [4.69, 9.17) is 0 Å². The fourth-order valence-corrected chi connectivity index (χ4v) is 5.82. The van der Waals surface area contributed by atoms with Gasteiger partial charge in [0.05, 0.1) is 5.41 Å². The van der Waals surface area contributed by atoms with Crippen molar-refractivity contribution in [1.29, 1.82) is 0 Å². The summed E-state index contributed by atoms with van der Waals surface area (Å²) in [7, 11) is 2.18. The van der Waals surface area contributed by atoms with Crippen LogP contribution in [0.5, 0.6) is 0 Å². The molecule has 0 saturated heterocycles. The molecular formula is C32H37F3N3+. The molecule has 5 rings (SSSR count). The van der Waals surface area contributed by atoms with E-state index in [0.29, 0.717) is 0 Å². The van der Waals surface area contributed by atoms with Crippen molar-refractivity contribution >= 4 is 45.0 Å². The average Bonchev–Trinajstić information content (AvgIpc) is 3.31. The topological polar surface area (TPSA) is 11.2 Å². The maximum absolute atomic E-state index is 9.67. The lowest BCUT2D eigenvalue weighted by atomic mass is 9.81. The third kappa shape index (κ3) is 4.96. The Labute approximate surface area is 223 Å². The molecule has 0 radical (unpaired) electrons. The molecule has 0 unspecified atom stereocenters. The SMILES string of the molecule is CCN(CC)c1ccc2c(c1)c1cc(/C=C/C3=[N+](C)c4ccccc4C3(C)C)ccc1n2CC.FC(F)F. The van der Waals surface area contributed by atoms with Crippen molar-refractivity contribution in [2.24, 2.45) is 0 Å². The van der Waals surface area contributed by atoms with Crippen LogP contribution in [0.15, 0.2) is 66.7 Å². The van der Waals surface area contributed by atoms with E-state index in [1.807, 2.05) is 0 Å². The molecule has 2 heterocycles. The molecule has 0 saturated carbocycles. The van der Waals surface area contributed by atoms with Crippen molar-refractivity contribution in [1.82, 2.24) is 4.57 Å². The normalized spacial score (nSPS) is 14.5. The van der Waals surface area contributed by atoms with Crippen molar-refractivity contribution in [2.75, 3.05) is 25.0 Å². The Hall–Kier alpha value is -3.54. The fourth-order valence-electron chi connectivity index (χ4n) is 5.82. The van der Waals surface area contributed by atoms with Gasteiger partial charge in [-0.1, -0.05) is 24.3 Å². The summed E-state index contributed by atoms with van der Waals surface area (Å²) in [5.41, 5.74) is 9.18. The molecule has 200 valence electrons. The summed E-state index contributed by atoms with van der Waals surface area (Å²) in [5, 5.41) is 2.68. The van der Waals surface area contributed by atoms with Crippen molar-refractivity contribution in [3.05, 3.63) is 77.9 Å². The van der Waals surface area contributed by atoms with Crippen LogP contribution >= 0.6 is 0 Å². The molecule has 1 aliphatic rings. The number of alkyl halides is 3. The highest BCUT2D eigenvalue weighted by Crippen LogP contribution is 2.39. The van der Waals surface area contributed by atoms with Gasteiger partial charge in [0.2, 0.25) is 5.69 Å². The van der Waals surface area contributed by atoms with Gasteiger partial charge in [-0.2, -0.15) is 17.7 Å². The van der Waals surface area contributed by atoms with Crippen molar-refractivity contribution in [3.8, 4) is 0 Å². The largest absolute Gasteiger partial charge is 0.379 e. The molecule has 1 aliphatic heterocycles. The van der Waals surface area contributed by atoms with E-state index in [1.54, 1.807) is 0 Å². The van der Waals surface area contributed by atoms with E-state index in [9.17, 15) is 13.2 Å². The highest BCUT2D eigenvalue weighted by atomic mass is 19.4. The maximum atomic E-state index is 9.67. The van der Waals surface area contributed by atoms with Crippen LogP contribution in [0.3, 0.4) is 0 Å². The Morgan fingerprint density at radius 2 is 1.47 bits per heavy atom. The number of anilines is 1.